The highest BCUT2D eigenvalue weighted by atomic mass is 32.2. The molecule has 0 saturated heterocycles. The van der Waals surface area contributed by atoms with Gasteiger partial charge in [-0.05, 0) is 18.4 Å². The number of aromatic hydroxyl groups is 1. The summed E-state index contributed by atoms with van der Waals surface area (Å²) < 4.78 is 4.92. The number of methoxy groups -OCH3 is 1. The lowest BCUT2D eigenvalue weighted by Gasteiger charge is -2.11. The predicted molar refractivity (Wildman–Crippen MR) is 73.6 cm³/mol. The number of carbonyl (C=O) groups is 1. The van der Waals surface area contributed by atoms with Crippen molar-refractivity contribution < 1.29 is 14.6 Å². The molecular formula is C12H13N3O3S. The minimum absolute atomic E-state index is 0.0504. The van der Waals surface area contributed by atoms with Gasteiger partial charge in [0.25, 0.3) is 5.91 Å². The Kier molecular flexibility index (Phi) is 5.09. The second-order valence-corrected chi connectivity index (χ2v) is 4.21. The summed E-state index contributed by atoms with van der Waals surface area (Å²) in [6.45, 7) is 0. The van der Waals surface area contributed by atoms with E-state index in [9.17, 15) is 9.90 Å². The van der Waals surface area contributed by atoms with Crippen LogP contribution in [0.1, 0.15) is 0 Å². The average Bonchev–Trinajstić information content (AvgIpc) is 2.38. The number of nitrogens with one attached hydrogen (secondary N) is 1. The maximum Gasteiger partial charge on any atom is 0.262 e. The van der Waals surface area contributed by atoms with Crippen LogP contribution in [0.25, 0.3) is 0 Å². The predicted octanol–water partition coefficient (Wildman–Crippen LogP) is 1.40. The van der Waals surface area contributed by atoms with E-state index in [1.54, 1.807) is 24.5 Å². The molecule has 0 saturated carbocycles. The topological polar surface area (TPSA) is 108 Å². The molecule has 0 unspecified atom stereocenters. The fourth-order valence-corrected chi connectivity index (χ4v) is 1.90. The maximum atomic E-state index is 11.1. The van der Waals surface area contributed by atoms with Crippen molar-refractivity contribution >= 4 is 23.4 Å². The molecule has 0 bridgehead atoms. The van der Waals surface area contributed by atoms with Crippen LogP contribution in [-0.2, 0) is 4.79 Å². The van der Waals surface area contributed by atoms with Crippen LogP contribution in [0.15, 0.2) is 28.8 Å². The van der Waals surface area contributed by atoms with E-state index in [2.05, 4.69) is 5.32 Å². The van der Waals surface area contributed by atoms with Gasteiger partial charge in [-0.2, -0.15) is 5.26 Å². The minimum atomic E-state index is -0.808. The zero-order valence-electron chi connectivity index (χ0n) is 10.4. The number of rotatable bonds is 5. The van der Waals surface area contributed by atoms with Crippen LogP contribution in [0, 0.1) is 11.3 Å². The van der Waals surface area contributed by atoms with Crippen LogP contribution in [0.3, 0.4) is 0 Å². The van der Waals surface area contributed by atoms with Crippen LogP contribution in [0.5, 0.6) is 11.5 Å². The zero-order valence-corrected chi connectivity index (χ0v) is 11.2. The van der Waals surface area contributed by atoms with Crippen molar-refractivity contribution in [2.45, 2.75) is 0 Å². The zero-order chi connectivity index (χ0) is 14.4. The standard InChI is InChI=1S/C12H13N3O3S/c1-18-10-4-3-7(5-9(10)16)15-12(19-2)8(6-13)11(14)17/h3-5,15-16H,1-2H3,(H2,14,17). The molecule has 1 amide bonds. The van der Waals surface area contributed by atoms with Crippen LogP contribution in [0.4, 0.5) is 5.69 Å². The maximum absolute atomic E-state index is 11.1. The van der Waals surface area contributed by atoms with Crippen molar-refractivity contribution in [1.82, 2.24) is 0 Å². The molecule has 1 rings (SSSR count). The van der Waals surface area contributed by atoms with E-state index in [1.807, 2.05) is 0 Å². The highest BCUT2D eigenvalue weighted by Gasteiger charge is 2.12. The number of benzene rings is 1. The Labute approximate surface area is 114 Å². The smallest absolute Gasteiger partial charge is 0.262 e. The van der Waals surface area contributed by atoms with E-state index in [0.29, 0.717) is 16.5 Å². The molecular weight excluding hydrogens is 266 g/mol. The van der Waals surface area contributed by atoms with Gasteiger partial charge in [0.1, 0.15) is 11.6 Å². The number of carbonyl (C=O) groups excluding carboxylic acids is 1. The van der Waals surface area contributed by atoms with Crippen molar-refractivity contribution in [2.24, 2.45) is 5.73 Å². The molecule has 0 aliphatic heterocycles. The monoisotopic (exact) mass is 279 g/mol. The average molecular weight is 279 g/mol. The Morgan fingerprint density at radius 1 is 1.58 bits per heavy atom. The van der Waals surface area contributed by atoms with Gasteiger partial charge in [0.15, 0.2) is 11.5 Å². The number of phenols is 1. The van der Waals surface area contributed by atoms with Gasteiger partial charge < -0.3 is 20.9 Å². The molecule has 7 heteroatoms. The molecule has 0 aromatic heterocycles. The Bertz CT molecular complexity index is 564. The van der Waals surface area contributed by atoms with Crippen LogP contribution >= 0.6 is 11.8 Å². The first-order valence-corrected chi connectivity index (χ1v) is 6.38. The van der Waals surface area contributed by atoms with Crippen LogP contribution < -0.4 is 15.8 Å². The second kappa shape index (κ2) is 6.56. The molecule has 1 aromatic rings. The van der Waals surface area contributed by atoms with Crippen molar-refractivity contribution in [1.29, 1.82) is 5.26 Å². The number of thioether (sulfide) groups is 1. The number of hydrogen-bond donors (Lipinski definition) is 3. The minimum Gasteiger partial charge on any atom is -0.504 e. The van der Waals surface area contributed by atoms with Gasteiger partial charge in [-0.1, -0.05) is 0 Å². The summed E-state index contributed by atoms with van der Waals surface area (Å²) in [5.74, 6) is -0.529. The Morgan fingerprint density at radius 3 is 2.68 bits per heavy atom. The Hall–Kier alpha value is -2.33. The lowest BCUT2D eigenvalue weighted by molar-refractivity contribution is -0.114. The molecule has 0 aliphatic carbocycles. The summed E-state index contributed by atoms with van der Waals surface area (Å²) in [6, 6.07) is 6.37. The van der Waals surface area contributed by atoms with E-state index >= 15 is 0 Å². The van der Waals surface area contributed by atoms with E-state index in [-0.39, 0.29) is 11.3 Å². The third-order valence-electron chi connectivity index (χ3n) is 2.23. The van der Waals surface area contributed by atoms with Gasteiger partial charge in [-0.15, -0.1) is 11.8 Å². The molecule has 19 heavy (non-hydrogen) atoms. The molecule has 4 N–H and O–H groups in total. The second-order valence-electron chi connectivity index (χ2n) is 3.40. The largest absolute Gasteiger partial charge is 0.504 e. The summed E-state index contributed by atoms with van der Waals surface area (Å²) in [4.78, 5) is 11.1. The number of anilines is 1. The normalized spacial score (nSPS) is 11.2. The van der Waals surface area contributed by atoms with E-state index in [0.717, 1.165) is 0 Å². The third-order valence-corrected chi connectivity index (χ3v) is 2.94. The van der Waals surface area contributed by atoms with Gasteiger partial charge in [0.2, 0.25) is 0 Å². The molecule has 0 radical (unpaired) electrons. The number of nitrogens with two attached hydrogens (primary N) is 1. The summed E-state index contributed by atoms with van der Waals surface area (Å²) >= 11 is 1.17. The Balaban J connectivity index is 3.10. The molecule has 0 atom stereocenters. The van der Waals surface area contributed by atoms with Crippen molar-refractivity contribution in [3.05, 3.63) is 28.8 Å². The number of hydrogen-bond acceptors (Lipinski definition) is 6. The first-order chi connectivity index (χ1) is 9.03. The third kappa shape index (κ3) is 3.56. The number of primary amides is 1. The highest BCUT2D eigenvalue weighted by molar-refractivity contribution is 8.02. The van der Waals surface area contributed by atoms with Gasteiger partial charge in [-0.25, -0.2) is 0 Å². The number of nitriles is 1. The van der Waals surface area contributed by atoms with Crippen molar-refractivity contribution in [3.8, 4) is 17.6 Å². The van der Waals surface area contributed by atoms with E-state index < -0.39 is 5.91 Å². The number of nitrogens with zero attached hydrogens (tertiary/aromatic N) is 1. The summed E-state index contributed by atoms with van der Waals surface area (Å²) in [7, 11) is 1.44. The number of amides is 1. The lowest BCUT2D eigenvalue weighted by atomic mass is 10.2. The fraction of sp³-hybridized carbons (Fsp3) is 0.167. The van der Waals surface area contributed by atoms with E-state index in [1.165, 1.54) is 24.9 Å². The van der Waals surface area contributed by atoms with Crippen LogP contribution in [-0.4, -0.2) is 24.4 Å². The lowest BCUT2D eigenvalue weighted by Crippen LogP contribution is -2.16. The van der Waals surface area contributed by atoms with Gasteiger partial charge in [-0.3, -0.25) is 4.79 Å². The quantitative estimate of drug-likeness (QED) is 0.555. The molecule has 1 aromatic carbocycles. The summed E-state index contributed by atoms with van der Waals surface area (Å²) in [5.41, 5.74) is 5.46. The molecule has 0 heterocycles. The molecule has 0 spiro atoms. The van der Waals surface area contributed by atoms with Crippen LogP contribution in [0.2, 0.25) is 0 Å². The van der Waals surface area contributed by atoms with Gasteiger partial charge >= 0.3 is 0 Å². The summed E-state index contributed by atoms with van der Waals surface area (Å²) in [5, 5.41) is 21.7. The van der Waals surface area contributed by atoms with E-state index in [4.69, 9.17) is 15.7 Å². The van der Waals surface area contributed by atoms with Gasteiger partial charge in [0.05, 0.1) is 12.1 Å². The molecule has 6 nitrogen and oxygen atoms in total. The van der Waals surface area contributed by atoms with Crippen molar-refractivity contribution in [2.75, 3.05) is 18.7 Å². The highest BCUT2D eigenvalue weighted by Crippen LogP contribution is 2.30. The first kappa shape index (κ1) is 14.7. The molecule has 0 aliphatic rings. The first-order valence-electron chi connectivity index (χ1n) is 5.15. The SMILES string of the molecule is COc1ccc(NC(SC)=C(C#N)C(N)=O)cc1O. The fourth-order valence-electron chi connectivity index (χ4n) is 1.33. The summed E-state index contributed by atoms with van der Waals surface area (Å²) in [6.07, 6.45) is 1.70. The van der Waals surface area contributed by atoms with Crippen molar-refractivity contribution in [3.63, 3.8) is 0 Å². The molecule has 100 valence electrons. The number of ether oxygens (including phenoxy) is 1. The molecule has 0 fully saturated rings. The number of phenolic OH excluding ortho intramolecular Hbond substituents is 1. The Morgan fingerprint density at radius 2 is 2.26 bits per heavy atom. The van der Waals surface area contributed by atoms with Gasteiger partial charge in [0, 0.05) is 11.8 Å².